The Kier molecular flexibility index (Phi) is 10.1. The van der Waals surface area contributed by atoms with E-state index in [2.05, 4.69) is 5.32 Å². The van der Waals surface area contributed by atoms with Crippen molar-refractivity contribution in [2.75, 3.05) is 26.4 Å². The first kappa shape index (κ1) is 27.9. The number of rotatable bonds is 12. The number of aromatic nitrogens is 1. The maximum atomic E-state index is 13.0. The lowest BCUT2D eigenvalue weighted by Crippen LogP contribution is -2.28. The van der Waals surface area contributed by atoms with Gasteiger partial charge in [0.2, 0.25) is 0 Å². The molecular weight excluding hydrogens is 527 g/mol. The van der Waals surface area contributed by atoms with Gasteiger partial charge in [-0.05, 0) is 43.9 Å². The minimum Gasteiger partial charge on any atom is -0.486 e. The first-order valence-electron chi connectivity index (χ1n) is 11.0. The van der Waals surface area contributed by atoms with Gasteiger partial charge in [-0.25, -0.2) is 5.48 Å². The van der Waals surface area contributed by atoms with E-state index in [0.29, 0.717) is 33.7 Å². The monoisotopic (exact) mass is 554 g/mol. The first-order valence-corrected chi connectivity index (χ1v) is 12.9. The van der Waals surface area contributed by atoms with Gasteiger partial charge in [0, 0.05) is 25.5 Å². The van der Waals surface area contributed by atoms with Gasteiger partial charge in [-0.1, -0.05) is 29.3 Å². The number of carbonyl (C=O) groups is 2. The molecule has 0 atom stereocenters. The molecule has 194 valence electrons. The van der Waals surface area contributed by atoms with Crippen LogP contribution < -0.4 is 15.5 Å². The number of hydrogen-bond acceptors (Lipinski definition) is 7. The van der Waals surface area contributed by atoms with Crippen molar-refractivity contribution in [3.8, 4) is 5.75 Å². The zero-order chi connectivity index (χ0) is 26.2. The number of hydroxylamine groups is 1. The van der Waals surface area contributed by atoms with Crippen molar-refractivity contribution in [2.24, 2.45) is 7.05 Å². The summed E-state index contributed by atoms with van der Waals surface area (Å²) >= 11 is 13.7. The average Bonchev–Trinajstić information content (AvgIpc) is 3.41. The van der Waals surface area contributed by atoms with Crippen molar-refractivity contribution in [1.29, 1.82) is 0 Å². The highest BCUT2D eigenvalue weighted by atomic mass is 35.5. The molecule has 36 heavy (non-hydrogen) atoms. The molecule has 0 saturated heterocycles. The van der Waals surface area contributed by atoms with E-state index in [1.807, 2.05) is 31.1 Å². The molecule has 12 heteroatoms. The number of furan rings is 1. The Morgan fingerprint density at radius 3 is 2.58 bits per heavy atom. The topological polar surface area (TPSA) is 109 Å². The summed E-state index contributed by atoms with van der Waals surface area (Å²) in [5, 5.41) is 12.7. The third-order valence-corrected chi connectivity index (χ3v) is 6.75. The molecule has 3 N–H and O–H groups in total. The Hall–Kier alpha value is -2.63. The highest BCUT2D eigenvalue weighted by Gasteiger charge is 2.25. The smallest absolute Gasteiger partial charge is 0.279 e. The molecule has 0 aliphatic rings. The van der Waals surface area contributed by atoms with Gasteiger partial charge < -0.3 is 23.9 Å². The molecule has 0 aliphatic carbocycles. The number of ether oxygens (including phenoxy) is 1. The minimum atomic E-state index is -0.795. The third-order valence-electron chi connectivity index (χ3n) is 5.03. The highest BCUT2D eigenvalue weighted by molar-refractivity contribution is 7.98. The molecule has 0 saturated carbocycles. The SMILES string of the molecule is CN(C)Cc1ccc(CSCCNC(=O)c2c(OCc3ccc(Cl)c(Cl)c3)c(C(=O)NO)cn2C)o1. The molecule has 0 radical (unpaired) electrons. The number of thioether (sulfide) groups is 1. The van der Waals surface area contributed by atoms with Crippen molar-refractivity contribution in [3.63, 3.8) is 0 Å². The van der Waals surface area contributed by atoms with E-state index in [1.54, 1.807) is 42.5 Å². The molecule has 0 unspecified atom stereocenters. The fourth-order valence-electron chi connectivity index (χ4n) is 3.41. The zero-order valence-corrected chi connectivity index (χ0v) is 22.5. The van der Waals surface area contributed by atoms with Crippen LogP contribution in [0, 0.1) is 0 Å². The summed E-state index contributed by atoms with van der Waals surface area (Å²) < 4.78 is 13.1. The van der Waals surface area contributed by atoms with Crippen molar-refractivity contribution >= 4 is 46.8 Å². The minimum absolute atomic E-state index is 0.0194. The second kappa shape index (κ2) is 13.1. The van der Waals surface area contributed by atoms with Gasteiger partial charge in [-0.3, -0.25) is 14.8 Å². The quantitative estimate of drug-likeness (QED) is 0.173. The molecule has 3 rings (SSSR count). The molecule has 0 bridgehead atoms. The van der Waals surface area contributed by atoms with Crippen LogP contribution in [0.5, 0.6) is 5.75 Å². The van der Waals surface area contributed by atoms with Gasteiger partial charge in [-0.2, -0.15) is 11.8 Å². The number of carbonyl (C=O) groups excluding carboxylic acids is 2. The van der Waals surface area contributed by atoms with Gasteiger partial charge in [0.25, 0.3) is 11.8 Å². The number of nitrogens with one attached hydrogen (secondary N) is 2. The van der Waals surface area contributed by atoms with Gasteiger partial charge in [-0.15, -0.1) is 0 Å². The van der Waals surface area contributed by atoms with Crippen molar-refractivity contribution in [1.82, 2.24) is 20.3 Å². The van der Waals surface area contributed by atoms with Crippen LogP contribution >= 0.6 is 35.0 Å². The largest absolute Gasteiger partial charge is 0.486 e. The normalized spacial score (nSPS) is 11.1. The summed E-state index contributed by atoms with van der Waals surface area (Å²) in [6.07, 6.45) is 1.42. The summed E-state index contributed by atoms with van der Waals surface area (Å²) in [6, 6.07) is 8.92. The van der Waals surface area contributed by atoms with Crippen LogP contribution in [0.1, 0.15) is 37.9 Å². The molecule has 2 amide bonds. The predicted octanol–water partition coefficient (Wildman–Crippen LogP) is 4.35. The van der Waals surface area contributed by atoms with Crippen molar-refractivity contribution in [2.45, 2.75) is 18.9 Å². The van der Waals surface area contributed by atoms with E-state index in [1.165, 1.54) is 10.8 Å². The van der Waals surface area contributed by atoms with E-state index in [4.69, 9.17) is 37.6 Å². The summed E-state index contributed by atoms with van der Waals surface area (Å²) in [5.41, 5.74) is 2.45. The van der Waals surface area contributed by atoms with E-state index in [-0.39, 0.29) is 23.6 Å². The first-order chi connectivity index (χ1) is 17.2. The predicted molar refractivity (Wildman–Crippen MR) is 140 cm³/mol. The molecule has 9 nitrogen and oxygen atoms in total. The maximum absolute atomic E-state index is 13.0. The summed E-state index contributed by atoms with van der Waals surface area (Å²) in [4.78, 5) is 27.2. The lowest BCUT2D eigenvalue weighted by molar-refractivity contribution is 0.0702. The summed E-state index contributed by atoms with van der Waals surface area (Å²) in [6.45, 7) is 1.17. The standard InChI is InChI=1S/C24H28Cl2N4O5S/c1-29(2)11-16-5-6-17(35-16)14-36-9-8-27-24(32)21-22(18(12-30(21)3)23(31)28-33)34-13-15-4-7-19(25)20(26)10-15/h4-7,10,12,33H,8-9,11,13-14H2,1-3H3,(H,27,32)(H,28,31). The Balaban J connectivity index is 1.61. The average molecular weight is 555 g/mol. The molecule has 3 aromatic rings. The molecule has 2 aromatic heterocycles. The van der Waals surface area contributed by atoms with Crippen molar-refractivity contribution in [3.05, 3.63) is 74.9 Å². The second-order valence-electron chi connectivity index (χ2n) is 8.22. The second-order valence-corrected chi connectivity index (χ2v) is 10.1. The number of benzene rings is 1. The lowest BCUT2D eigenvalue weighted by Gasteiger charge is -2.12. The molecular formula is C24H28Cl2N4O5S. The van der Waals surface area contributed by atoms with E-state index in [0.717, 1.165) is 18.1 Å². The van der Waals surface area contributed by atoms with Gasteiger partial charge >= 0.3 is 0 Å². The number of hydrogen-bond donors (Lipinski definition) is 3. The van der Waals surface area contributed by atoms with E-state index in [9.17, 15) is 9.59 Å². The summed E-state index contributed by atoms with van der Waals surface area (Å²) in [7, 11) is 5.58. The van der Waals surface area contributed by atoms with Gasteiger partial charge in [0.05, 0.1) is 22.3 Å². The molecule has 0 aliphatic heterocycles. The maximum Gasteiger partial charge on any atom is 0.279 e. The number of aryl methyl sites for hydroxylation is 1. The van der Waals surface area contributed by atoms with E-state index >= 15 is 0 Å². The van der Waals surface area contributed by atoms with Crippen LogP contribution in [0.25, 0.3) is 0 Å². The molecule has 1 aromatic carbocycles. The van der Waals surface area contributed by atoms with Crippen LogP contribution in [0.3, 0.4) is 0 Å². The fraction of sp³-hybridized carbons (Fsp3) is 0.333. The van der Waals surface area contributed by atoms with Crippen molar-refractivity contribution < 1.29 is 24.0 Å². The summed E-state index contributed by atoms with van der Waals surface area (Å²) in [5.74, 6) is 1.97. The number of nitrogens with zero attached hydrogens (tertiary/aromatic N) is 2. The van der Waals surface area contributed by atoms with Crippen LogP contribution in [0.4, 0.5) is 0 Å². The Morgan fingerprint density at radius 2 is 1.89 bits per heavy atom. The molecule has 0 fully saturated rings. The molecule has 2 heterocycles. The fourth-order valence-corrected chi connectivity index (χ4v) is 4.48. The number of amides is 2. The van der Waals surface area contributed by atoms with E-state index < -0.39 is 11.8 Å². The zero-order valence-electron chi connectivity index (χ0n) is 20.1. The Labute approximate surface area is 223 Å². The van der Waals surface area contributed by atoms with Gasteiger partial charge in [0.15, 0.2) is 5.75 Å². The van der Waals surface area contributed by atoms with Crippen LogP contribution in [0.15, 0.2) is 40.9 Å². The van der Waals surface area contributed by atoms with Crippen LogP contribution in [-0.4, -0.2) is 52.9 Å². The third kappa shape index (κ3) is 7.44. The lowest BCUT2D eigenvalue weighted by atomic mass is 10.2. The van der Waals surface area contributed by atoms with Crippen LogP contribution in [0.2, 0.25) is 10.0 Å². The Bertz CT molecular complexity index is 1210. The van der Waals surface area contributed by atoms with Crippen LogP contribution in [-0.2, 0) is 26.0 Å². The van der Waals surface area contributed by atoms with Gasteiger partial charge in [0.1, 0.15) is 29.4 Å². The highest BCUT2D eigenvalue weighted by Crippen LogP contribution is 2.29. The Morgan fingerprint density at radius 1 is 1.14 bits per heavy atom. The number of halogens is 2. The molecule has 0 spiro atoms.